The molecule has 1 aromatic heterocycles. The van der Waals surface area contributed by atoms with Gasteiger partial charge in [0.2, 0.25) is 10.0 Å². The number of benzene rings is 2. The van der Waals surface area contributed by atoms with Gasteiger partial charge in [-0.25, -0.2) is 8.42 Å². The maximum absolute atomic E-state index is 13.2. The van der Waals surface area contributed by atoms with Gasteiger partial charge in [-0.15, -0.1) is 0 Å². The van der Waals surface area contributed by atoms with Gasteiger partial charge in [-0.2, -0.15) is 4.31 Å². The third-order valence-corrected chi connectivity index (χ3v) is 6.95. The molecule has 0 saturated carbocycles. The minimum atomic E-state index is -3.65. The van der Waals surface area contributed by atoms with Crippen LogP contribution in [-0.4, -0.2) is 31.4 Å². The first-order valence-electron chi connectivity index (χ1n) is 7.93. The molecule has 7 heteroatoms. The zero-order chi connectivity index (χ0) is 17.6. The number of nitrogens with zero attached hydrogens (tertiary/aromatic N) is 1. The van der Waals surface area contributed by atoms with Crippen LogP contribution in [0.3, 0.4) is 0 Å². The smallest absolute Gasteiger partial charge is 0.247 e. The second-order valence-electron chi connectivity index (χ2n) is 6.01. The highest BCUT2D eigenvalue weighted by atomic mass is 79.9. The van der Waals surface area contributed by atoms with Crippen LogP contribution in [0.25, 0.3) is 10.9 Å². The first kappa shape index (κ1) is 16.6. The third kappa shape index (κ3) is 2.76. The summed E-state index contributed by atoms with van der Waals surface area (Å²) >= 11 is 3.35. The monoisotopic (exact) mass is 420 g/mol. The lowest BCUT2D eigenvalue weighted by Gasteiger charge is -2.27. The molecule has 0 unspecified atom stereocenters. The molecule has 3 aromatic rings. The second-order valence-corrected chi connectivity index (χ2v) is 8.83. The molecule has 0 saturated heterocycles. The van der Waals surface area contributed by atoms with Crippen molar-refractivity contribution in [2.45, 2.75) is 17.9 Å². The first-order valence-corrected chi connectivity index (χ1v) is 10.2. The average Bonchev–Trinajstić information content (AvgIpc) is 2.99. The van der Waals surface area contributed by atoms with Crippen LogP contribution in [0.1, 0.15) is 11.3 Å². The summed E-state index contributed by atoms with van der Waals surface area (Å²) in [5.74, 6) is 0.352. The van der Waals surface area contributed by atoms with E-state index in [0.717, 1.165) is 11.2 Å². The molecule has 1 aliphatic heterocycles. The van der Waals surface area contributed by atoms with Crippen LogP contribution in [0.15, 0.2) is 51.8 Å². The highest BCUT2D eigenvalue weighted by Crippen LogP contribution is 2.34. The van der Waals surface area contributed by atoms with Crippen molar-refractivity contribution >= 4 is 36.9 Å². The van der Waals surface area contributed by atoms with Crippen molar-refractivity contribution in [3.8, 4) is 5.75 Å². The highest BCUT2D eigenvalue weighted by Gasteiger charge is 2.32. The van der Waals surface area contributed by atoms with Crippen LogP contribution in [-0.2, 0) is 23.0 Å². The molecular weight excluding hydrogens is 404 g/mol. The summed E-state index contributed by atoms with van der Waals surface area (Å²) in [6.07, 6.45) is 0.689. The van der Waals surface area contributed by atoms with Crippen LogP contribution < -0.4 is 4.74 Å². The van der Waals surface area contributed by atoms with Gasteiger partial charge in [0.05, 0.1) is 13.7 Å². The molecule has 5 nitrogen and oxygen atoms in total. The van der Waals surface area contributed by atoms with Crippen LogP contribution in [0.4, 0.5) is 0 Å². The molecule has 0 aliphatic carbocycles. The number of para-hydroxylation sites is 1. The average molecular weight is 421 g/mol. The molecule has 130 valence electrons. The summed E-state index contributed by atoms with van der Waals surface area (Å²) in [7, 11) is -2.17. The minimum Gasteiger partial charge on any atom is -0.495 e. The number of ether oxygens (including phenoxy) is 1. The number of aromatic amines is 1. The van der Waals surface area contributed by atoms with Crippen LogP contribution >= 0.6 is 15.9 Å². The number of H-pyrrole nitrogens is 1. The lowest BCUT2D eigenvalue weighted by atomic mass is 10.1. The molecule has 0 amide bonds. The summed E-state index contributed by atoms with van der Waals surface area (Å²) < 4.78 is 33.8. The van der Waals surface area contributed by atoms with Gasteiger partial charge in [-0.05, 0) is 36.2 Å². The number of methoxy groups -OCH3 is 1. The van der Waals surface area contributed by atoms with Crippen LogP contribution in [0.5, 0.6) is 5.75 Å². The van der Waals surface area contributed by atoms with E-state index in [0.29, 0.717) is 29.7 Å². The number of hydrogen-bond donors (Lipinski definition) is 1. The molecular formula is C18H17BrN2O3S. The summed E-state index contributed by atoms with van der Waals surface area (Å²) in [5, 5.41) is 1.18. The Morgan fingerprint density at radius 1 is 1.20 bits per heavy atom. The zero-order valence-corrected chi connectivity index (χ0v) is 16.0. The molecule has 0 bridgehead atoms. The second kappa shape index (κ2) is 6.16. The summed E-state index contributed by atoms with van der Waals surface area (Å²) in [6.45, 7) is 0.787. The number of hydrogen-bond acceptors (Lipinski definition) is 3. The first-order chi connectivity index (χ1) is 12.0. The minimum absolute atomic E-state index is 0.184. The maximum Gasteiger partial charge on any atom is 0.247 e. The summed E-state index contributed by atoms with van der Waals surface area (Å²) in [4.78, 5) is 3.55. The molecule has 0 radical (unpaired) electrons. The highest BCUT2D eigenvalue weighted by molar-refractivity contribution is 9.10. The number of aromatic nitrogens is 1. The van der Waals surface area contributed by atoms with Crippen molar-refractivity contribution in [1.29, 1.82) is 0 Å². The summed E-state index contributed by atoms with van der Waals surface area (Å²) in [5.41, 5.74) is 3.22. The number of sulfonamides is 1. The van der Waals surface area contributed by atoms with E-state index in [1.807, 2.05) is 18.2 Å². The molecule has 0 atom stereocenters. The molecule has 2 aromatic carbocycles. The van der Waals surface area contributed by atoms with E-state index in [9.17, 15) is 8.42 Å². The SMILES string of the molecule is COc1ccc(Br)cc1S(=O)(=O)N1CCc2c([nH]c3ccccc23)C1. The number of nitrogens with one attached hydrogen (secondary N) is 1. The van der Waals surface area contributed by atoms with Crippen molar-refractivity contribution in [3.05, 3.63) is 58.2 Å². The van der Waals surface area contributed by atoms with E-state index in [-0.39, 0.29) is 4.90 Å². The Hall–Kier alpha value is -1.83. The number of halogens is 1. The fourth-order valence-electron chi connectivity index (χ4n) is 3.36. The lowest BCUT2D eigenvalue weighted by Crippen LogP contribution is -2.36. The predicted octanol–water partition coefficient (Wildman–Crippen LogP) is 3.69. The third-order valence-electron chi connectivity index (χ3n) is 4.59. The topological polar surface area (TPSA) is 62.4 Å². The fraction of sp³-hybridized carbons (Fsp3) is 0.222. The largest absolute Gasteiger partial charge is 0.495 e. The van der Waals surface area contributed by atoms with Gasteiger partial charge in [0.15, 0.2) is 0 Å². The molecule has 0 spiro atoms. The van der Waals surface area contributed by atoms with E-state index < -0.39 is 10.0 Å². The number of rotatable bonds is 3. The van der Waals surface area contributed by atoms with Crippen molar-refractivity contribution < 1.29 is 13.2 Å². The van der Waals surface area contributed by atoms with E-state index in [4.69, 9.17) is 4.74 Å². The van der Waals surface area contributed by atoms with Crippen molar-refractivity contribution in [2.75, 3.05) is 13.7 Å². The van der Waals surface area contributed by atoms with E-state index in [1.54, 1.807) is 18.2 Å². The van der Waals surface area contributed by atoms with Crippen LogP contribution in [0, 0.1) is 0 Å². The van der Waals surface area contributed by atoms with E-state index in [1.165, 1.54) is 22.4 Å². The van der Waals surface area contributed by atoms with Crippen molar-refractivity contribution in [3.63, 3.8) is 0 Å². The van der Waals surface area contributed by atoms with Gasteiger partial charge in [-0.3, -0.25) is 0 Å². The Balaban J connectivity index is 1.75. The van der Waals surface area contributed by atoms with Gasteiger partial charge in [0, 0.05) is 27.6 Å². The lowest BCUT2D eigenvalue weighted by molar-refractivity contribution is 0.376. The van der Waals surface area contributed by atoms with Gasteiger partial charge in [-0.1, -0.05) is 34.1 Å². The van der Waals surface area contributed by atoms with Gasteiger partial charge in [0.25, 0.3) is 0 Å². The molecule has 2 heterocycles. The Bertz CT molecular complexity index is 1060. The fourth-order valence-corrected chi connectivity index (χ4v) is 5.47. The Morgan fingerprint density at radius 2 is 2.00 bits per heavy atom. The van der Waals surface area contributed by atoms with Crippen molar-refractivity contribution in [2.24, 2.45) is 0 Å². The van der Waals surface area contributed by atoms with Gasteiger partial charge < -0.3 is 9.72 Å². The number of fused-ring (bicyclic) bond motifs is 3. The van der Waals surface area contributed by atoms with Crippen LogP contribution in [0.2, 0.25) is 0 Å². The van der Waals surface area contributed by atoms with Gasteiger partial charge >= 0.3 is 0 Å². The quantitative estimate of drug-likeness (QED) is 0.702. The Labute approximate surface area is 154 Å². The van der Waals surface area contributed by atoms with E-state index in [2.05, 4.69) is 27.0 Å². The van der Waals surface area contributed by atoms with Crippen molar-refractivity contribution in [1.82, 2.24) is 9.29 Å². The summed E-state index contributed by atoms with van der Waals surface area (Å²) in [6, 6.07) is 13.1. The Morgan fingerprint density at radius 3 is 2.80 bits per heavy atom. The van der Waals surface area contributed by atoms with E-state index >= 15 is 0 Å². The molecule has 1 N–H and O–H groups in total. The molecule has 0 fully saturated rings. The Kier molecular flexibility index (Phi) is 4.10. The maximum atomic E-state index is 13.2. The van der Waals surface area contributed by atoms with Gasteiger partial charge in [0.1, 0.15) is 10.6 Å². The molecule has 1 aliphatic rings. The standard InChI is InChI=1S/C18H17BrN2O3S/c1-24-17-7-6-12(19)10-18(17)25(22,23)21-9-8-14-13-4-2-3-5-15(13)20-16(14)11-21/h2-7,10,20H,8-9,11H2,1H3. The molecule has 25 heavy (non-hydrogen) atoms. The normalized spacial score (nSPS) is 15.3. The zero-order valence-electron chi connectivity index (χ0n) is 13.6. The predicted molar refractivity (Wildman–Crippen MR) is 100 cm³/mol. The molecule has 4 rings (SSSR count).